The smallest absolute Gasteiger partial charge is 0.339 e. The molecule has 0 aliphatic rings. The van der Waals surface area contributed by atoms with Crippen molar-refractivity contribution in [3.8, 4) is 22.9 Å². The number of furan rings is 1. The Kier molecular flexibility index (Phi) is 3.36. The molecule has 2 aromatic heterocycles. The minimum atomic E-state index is -1.24. The molecule has 0 atom stereocenters. The predicted molar refractivity (Wildman–Crippen MR) is 75.6 cm³/mol. The largest absolute Gasteiger partial charge is 0.507 e. The quantitative estimate of drug-likeness (QED) is 0.664. The van der Waals surface area contributed by atoms with Crippen LogP contribution in [0, 0.1) is 0 Å². The molecule has 3 rings (SSSR count). The third-order valence-electron chi connectivity index (χ3n) is 3.14. The molecule has 0 radical (unpaired) electrons. The zero-order chi connectivity index (χ0) is 15.7. The van der Waals surface area contributed by atoms with Gasteiger partial charge in [-0.2, -0.15) is 0 Å². The van der Waals surface area contributed by atoms with Gasteiger partial charge in [0.15, 0.2) is 5.76 Å². The van der Waals surface area contributed by atoms with Gasteiger partial charge in [-0.15, -0.1) is 5.10 Å². The molecule has 8 heteroatoms. The first-order valence-corrected chi connectivity index (χ1v) is 6.37. The van der Waals surface area contributed by atoms with Crippen molar-refractivity contribution in [1.29, 1.82) is 0 Å². The van der Waals surface area contributed by atoms with Crippen LogP contribution in [0.1, 0.15) is 16.1 Å². The number of benzene rings is 1. The number of aromatic nitrogens is 3. The number of nitrogens with two attached hydrogens (primary N) is 1. The van der Waals surface area contributed by atoms with E-state index in [4.69, 9.17) is 15.3 Å². The Labute approximate surface area is 124 Å². The second-order valence-corrected chi connectivity index (χ2v) is 4.48. The van der Waals surface area contributed by atoms with E-state index in [0.29, 0.717) is 22.8 Å². The van der Waals surface area contributed by atoms with Gasteiger partial charge in [-0.05, 0) is 30.3 Å². The van der Waals surface area contributed by atoms with E-state index in [-0.39, 0.29) is 17.9 Å². The molecule has 0 saturated heterocycles. The summed E-state index contributed by atoms with van der Waals surface area (Å²) in [5.74, 6) is -1.05. The molecule has 0 aliphatic carbocycles. The fourth-order valence-electron chi connectivity index (χ4n) is 2.12. The van der Waals surface area contributed by atoms with Gasteiger partial charge in [0.1, 0.15) is 22.7 Å². The average Bonchev–Trinajstić information content (AvgIpc) is 3.15. The van der Waals surface area contributed by atoms with Gasteiger partial charge < -0.3 is 20.4 Å². The van der Waals surface area contributed by atoms with Crippen molar-refractivity contribution >= 4 is 5.97 Å². The van der Waals surface area contributed by atoms with Gasteiger partial charge in [0.25, 0.3) is 0 Å². The second-order valence-electron chi connectivity index (χ2n) is 4.48. The summed E-state index contributed by atoms with van der Waals surface area (Å²) in [6.07, 6.45) is 1.51. The molecule has 0 fully saturated rings. The van der Waals surface area contributed by atoms with E-state index in [1.807, 2.05) is 0 Å². The van der Waals surface area contributed by atoms with Crippen molar-refractivity contribution in [2.24, 2.45) is 5.73 Å². The highest BCUT2D eigenvalue weighted by Crippen LogP contribution is 2.27. The van der Waals surface area contributed by atoms with Crippen LogP contribution in [0.25, 0.3) is 17.1 Å². The minimum absolute atomic E-state index is 0.153. The van der Waals surface area contributed by atoms with Crippen molar-refractivity contribution in [2.45, 2.75) is 6.54 Å². The number of carbonyl (C=O) groups is 1. The minimum Gasteiger partial charge on any atom is -0.507 e. The summed E-state index contributed by atoms with van der Waals surface area (Å²) >= 11 is 0. The molecular weight excluding hydrogens is 288 g/mol. The van der Waals surface area contributed by atoms with Gasteiger partial charge >= 0.3 is 5.97 Å². The van der Waals surface area contributed by atoms with Crippen LogP contribution in [-0.4, -0.2) is 31.2 Å². The summed E-state index contributed by atoms with van der Waals surface area (Å²) < 4.78 is 6.79. The number of rotatable bonds is 4. The van der Waals surface area contributed by atoms with E-state index < -0.39 is 5.97 Å². The maximum Gasteiger partial charge on any atom is 0.339 e. The summed E-state index contributed by atoms with van der Waals surface area (Å²) in [5.41, 5.74) is 6.90. The van der Waals surface area contributed by atoms with Gasteiger partial charge in [0.05, 0.1) is 12.0 Å². The molecule has 0 amide bonds. The fraction of sp³-hybridized carbons (Fsp3) is 0.0714. The number of carboxylic acid groups (broad SMARTS) is 1. The number of aromatic hydroxyl groups is 1. The molecule has 4 N–H and O–H groups in total. The number of aromatic carboxylic acids is 1. The Balaban J connectivity index is 2.19. The van der Waals surface area contributed by atoms with Crippen molar-refractivity contribution in [1.82, 2.24) is 15.0 Å². The molecule has 2 heterocycles. The first kappa shape index (κ1) is 13.8. The summed E-state index contributed by atoms with van der Waals surface area (Å²) in [7, 11) is 0. The molecule has 8 nitrogen and oxygen atoms in total. The Bertz CT molecular complexity index is 823. The van der Waals surface area contributed by atoms with E-state index >= 15 is 0 Å². The summed E-state index contributed by atoms with van der Waals surface area (Å²) in [6.45, 7) is 0.153. The molecule has 0 unspecified atom stereocenters. The van der Waals surface area contributed by atoms with Crippen molar-refractivity contribution in [3.63, 3.8) is 0 Å². The average molecular weight is 300 g/mol. The van der Waals surface area contributed by atoms with Crippen LogP contribution in [0.3, 0.4) is 0 Å². The highest BCUT2D eigenvalue weighted by molar-refractivity contribution is 5.91. The third-order valence-corrected chi connectivity index (χ3v) is 3.14. The third kappa shape index (κ3) is 2.21. The molecule has 0 saturated carbocycles. The molecule has 112 valence electrons. The van der Waals surface area contributed by atoms with Crippen LogP contribution >= 0.6 is 0 Å². The van der Waals surface area contributed by atoms with Gasteiger partial charge in [0.2, 0.25) is 0 Å². The highest BCUT2D eigenvalue weighted by atomic mass is 16.4. The van der Waals surface area contributed by atoms with Crippen LogP contribution in [0.2, 0.25) is 0 Å². The number of phenols is 1. The van der Waals surface area contributed by atoms with Crippen LogP contribution in [0.5, 0.6) is 5.75 Å². The Morgan fingerprint density at radius 3 is 2.82 bits per heavy atom. The summed E-state index contributed by atoms with van der Waals surface area (Å²) in [5, 5.41) is 26.7. The van der Waals surface area contributed by atoms with Crippen LogP contribution in [0.15, 0.2) is 41.0 Å². The zero-order valence-corrected chi connectivity index (χ0v) is 11.3. The lowest BCUT2D eigenvalue weighted by Crippen LogP contribution is -2.04. The van der Waals surface area contributed by atoms with Gasteiger partial charge in [0, 0.05) is 6.54 Å². The topological polar surface area (TPSA) is 127 Å². The van der Waals surface area contributed by atoms with Crippen LogP contribution in [0.4, 0.5) is 0 Å². The maximum absolute atomic E-state index is 11.1. The number of carboxylic acids is 1. The normalized spacial score (nSPS) is 10.8. The van der Waals surface area contributed by atoms with Crippen molar-refractivity contribution in [2.75, 3.05) is 0 Å². The summed E-state index contributed by atoms with van der Waals surface area (Å²) in [6, 6.07) is 7.57. The first-order chi connectivity index (χ1) is 10.6. The molecule has 0 bridgehead atoms. The van der Waals surface area contributed by atoms with Crippen LogP contribution in [-0.2, 0) is 6.54 Å². The molecule has 0 spiro atoms. The lowest BCUT2D eigenvalue weighted by atomic mass is 10.1. The lowest BCUT2D eigenvalue weighted by Gasteiger charge is -2.07. The standard InChI is InChI=1S/C14H12N4O4/c15-7-10-13(12-2-1-5-22-12)18(17-16-10)8-3-4-11(19)9(6-8)14(20)21/h1-6,19H,7,15H2,(H,20,21). The first-order valence-electron chi connectivity index (χ1n) is 6.37. The number of nitrogens with zero attached hydrogens (tertiary/aromatic N) is 3. The van der Waals surface area contributed by atoms with E-state index in [1.54, 1.807) is 12.1 Å². The number of hydrogen-bond acceptors (Lipinski definition) is 6. The van der Waals surface area contributed by atoms with Gasteiger partial charge in [-0.25, -0.2) is 9.48 Å². The van der Waals surface area contributed by atoms with E-state index in [1.165, 1.54) is 29.1 Å². The highest BCUT2D eigenvalue weighted by Gasteiger charge is 2.19. The molecular formula is C14H12N4O4. The zero-order valence-electron chi connectivity index (χ0n) is 11.3. The summed E-state index contributed by atoms with van der Waals surface area (Å²) in [4.78, 5) is 11.1. The van der Waals surface area contributed by atoms with E-state index in [0.717, 1.165) is 0 Å². The Morgan fingerprint density at radius 2 is 2.18 bits per heavy atom. The second kappa shape index (κ2) is 5.34. The molecule has 0 aliphatic heterocycles. The molecule has 1 aromatic carbocycles. The number of hydrogen-bond donors (Lipinski definition) is 3. The predicted octanol–water partition coefficient (Wildman–Crippen LogP) is 1.39. The molecule has 22 heavy (non-hydrogen) atoms. The SMILES string of the molecule is NCc1nnn(-c2ccc(O)c(C(=O)O)c2)c1-c1ccco1. The van der Waals surface area contributed by atoms with Crippen molar-refractivity contribution < 1.29 is 19.4 Å². The lowest BCUT2D eigenvalue weighted by molar-refractivity contribution is 0.0693. The molecule has 3 aromatic rings. The van der Waals surface area contributed by atoms with E-state index in [9.17, 15) is 9.90 Å². The van der Waals surface area contributed by atoms with Gasteiger partial charge in [-0.3, -0.25) is 0 Å². The van der Waals surface area contributed by atoms with Crippen LogP contribution < -0.4 is 5.73 Å². The van der Waals surface area contributed by atoms with Gasteiger partial charge in [-0.1, -0.05) is 5.21 Å². The Hall–Kier alpha value is -3.13. The fourth-order valence-corrected chi connectivity index (χ4v) is 2.12. The van der Waals surface area contributed by atoms with E-state index in [2.05, 4.69) is 10.3 Å². The Morgan fingerprint density at radius 1 is 1.36 bits per heavy atom. The maximum atomic E-state index is 11.1. The van der Waals surface area contributed by atoms with Crippen molar-refractivity contribution in [3.05, 3.63) is 47.9 Å². The monoisotopic (exact) mass is 300 g/mol.